The molecule has 0 aliphatic rings. The van der Waals surface area contributed by atoms with Crippen molar-refractivity contribution in [1.82, 2.24) is 0 Å². The van der Waals surface area contributed by atoms with Crippen molar-refractivity contribution in [3.63, 3.8) is 0 Å². The van der Waals surface area contributed by atoms with E-state index in [2.05, 4.69) is 40.5 Å². The quantitative estimate of drug-likeness (QED) is 0.441. The van der Waals surface area contributed by atoms with Gasteiger partial charge in [-0.2, -0.15) is 0 Å². The Labute approximate surface area is 169 Å². The zero-order valence-electron chi connectivity index (χ0n) is 16.2. The molecule has 0 saturated heterocycles. The largest absolute Gasteiger partial charge is 0.207 e. The van der Waals surface area contributed by atoms with Crippen molar-refractivity contribution < 1.29 is 17.9 Å². The molecule has 0 spiro atoms. The van der Waals surface area contributed by atoms with Gasteiger partial charge >= 0.3 is 0 Å². The second-order valence-electron chi connectivity index (χ2n) is 7.23. The lowest BCUT2D eigenvalue weighted by Gasteiger charge is -2.06. The highest BCUT2D eigenvalue weighted by Crippen LogP contribution is 2.20. The molecule has 0 radical (unpaired) electrons. The van der Waals surface area contributed by atoms with E-state index in [0.717, 1.165) is 16.7 Å². The van der Waals surface area contributed by atoms with Crippen LogP contribution in [0.5, 0.6) is 0 Å². The summed E-state index contributed by atoms with van der Waals surface area (Å²) in [5.74, 6) is -0.434. The third-order valence-electron chi connectivity index (χ3n) is 4.98. The number of hydrogen-bond acceptors (Lipinski definition) is 0. The van der Waals surface area contributed by atoms with Gasteiger partial charge in [0.25, 0.3) is 0 Å². The van der Waals surface area contributed by atoms with Gasteiger partial charge < -0.3 is 0 Å². The number of aryl methyl sites for hydroxylation is 1. The Morgan fingerprint density at radius 3 is 1.62 bits per heavy atom. The lowest BCUT2D eigenvalue weighted by atomic mass is 10.0. The van der Waals surface area contributed by atoms with Crippen molar-refractivity contribution >= 4 is 0 Å². The highest BCUT2D eigenvalue weighted by Gasteiger charge is 2.11. The average Bonchev–Trinajstić information content (AvgIpc) is 2.72. The lowest BCUT2D eigenvalue weighted by molar-refractivity contribution is -0.688. The van der Waals surface area contributed by atoms with E-state index < -0.39 is 0 Å². The summed E-state index contributed by atoms with van der Waals surface area (Å²) in [5.41, 5.74) is 5.61. The molecule has 29 heavy (non-hydrogen) atoms. The smallest absolute Gasteiger partial charge is 0.173 e. The SMILES string of the molecule is Cc1c[n+](Cc2ccc(F)cc2)ccc1-c1cc[n+](Cc2ccc(F)cc2)cc1. The van der Waals surface area contributed by atoms with E-state index >= 15 is 0 Å². The van der Waals surface area contributed by atoms with Crippen LogP contribution in [-0.4, -0.2) is 0 Å². The molecule has 2 nitrogen and oxygen atoms in total. The van der Waals surface area contributed by atoms with Gasteiger partial charge in [0.1, 0.15) is 11.6 Å². The predicted molar refractivity (Wildman–Crippen MR) is 108 cm³/mol. The van der Waals surface area contributed by atoms with Crippen molar-refractivity contribution in [3.8, 4) is 11.1 Å². The van der Waals surface area contributed by atoms with Gasteiger partial charge in [-0.15, -0.1) is 0 Å². The molecule has 0 aliphatic carbocycles. The molecule has 4 rings (SSSR count). The standard InChI is InChI=1S/C25H22F2N2/c1-19-16-29(18-21-4-8-24(27)9-5-21)15-12-25(19)22-10-13-28(14-11-22)17-20-2-6-23(26)7-3-20/h2-16H,17-18H2,1H3/q+2. The van der Waals surface area contributed by atoms with E-state index in [1.54, 1.807) is 12.1 Å². The first kappa shape index (κ1) is 18.9. The molecule has 0 saturated carbocycles. The van der Waals surface area contributed by atoms with Crippen LogP contribution in [0.3, 0.4) is 0 Å². The van der Waals surface area contributed by atoms with Gasteiger partial charge in [-0.3, -0.25) is 0 Å². The Morgan fingerprint density at radius 1 is 0.621 bits per heavy atom. The molecule has 0 aliphatic heterocycles. The minimum atomic E-state index is -0.217. The fourth-order valence-corrected chi connectivity index (χ4v) is 3.43. The zero-order valence-corrected chi connectivity index (χ0v) is 16.2. The van der Waals surface area contributed by atoms with Crippen LogP contribution in [-0.2, 0) is 13.1 Å². The minimum Gasteiger partial charge on any atom is -0.207 e. The van der Waals surface area contributed by atoms with E-state index in [9.17, 15) is 8.78 Å². The third-order valence-corrected chi connectivity index (χ3v) is 4.98. The highest BCUT2D eigenvalue weighted by molar-refractivity contribution is 5.64. The monoisotopic (exact) mass is 388 g/mol. The summed E-state index contributed by atoms with van der Waals surface area (Å²) in [5, 5.41) is 0. The van der Waals surface area contributed by atoms with Gasteiger partial charge in [-0.25, -0.2) is 17.9 Å². The summed E-state index contributed by atoms with van der Waals surface area (Å²) in [4.78, 5) is 0. The van der Waals surface area contributed by atoms with Gasteiger partial charge in [0.15, 0.2) is 37.9 Å². The molecule has 0 atom stereocenters. The maximum Gasteiger partial charge on any atom is 0.173 e. The van der Waals surface area contributed by atoms with Crippen LogP contribution >= 0.6 is 0 Å². The molecule has 0 fully saturated rings. The van der Waals surface area contributed by atoms with Crippen molar-refractivity contribution in [3.05, 3.63) is 120 Å². The molecule has 2 aromatic carbocycles. The Kier molecular flexibility index (Phi) is 5.43. The van der Waals surface area contributed by atoms with Crippen molar-refractivity contribution in [1.29, 1.82) is 0 Å². The molecule has 4 heteroatoms. The van der Waals surface area contributed by atoms with E-state index in [0.29, 0.717) is 13.1 Å². The highest BCUT2D eigenvalue weighted by atomic mass is 19.1. The molecular weight excluding hydrogens is 366 g/mol. The molecule has 4 aromatic rings. The summed E-state index contributed by atoms with van der Waals surface area (Å²) >= 11 is 0. The number of halogens is 2. The van der Waals surface area contributed by atoms with Gasteiger partial charge in [0.2, 0.25) is 0 Å². The van der Waals surface area contributed by atoms with Crippen LogP contribution in [0.1, 0.15) is 16.7 Å². The predicted octanol–water partition coefficient (Wildman–Crippen LogP) is 4.61. The first-order valence-electron chi connectivity index (χ1n) is 9.55. The van der Waals surface area contributed by atoms with Crippen molar-refractivity contribution in [2.24, 2.45) is 0 Å². The second-order valence-corrected chi connectivity index (χ2v) is 7.23. The van der Waals surface area contributed by atoms with Gasteiger partial charge in [0.05, 0.1) is 0 Å². The molecule has 144 valence electrons. The summed E-state index contributed by atoms with van der Waals surface area (Å²) in [6.45, 7) is 3.50. The van der Waals surface area contributed by atoms with Crippen molar-refractivity contribution in [2.75, 3.05) is 0 Å². The van der Waals surface area contributed by atoms with Crippen LogP contribution < -0.4 is 9.13 Å². The van der Waals surface area contributed by atoms with E-state index in [1.807, 2.05) is 30.7 Å². The maximum absolute atomic E-state index is 13.1. The summed E-state index contributed by atoms with van der Waals surface area (Å²) < 4.78 is 30.3. The number of benzene rings is 2. The summed E-state index contributed by atoms with van der Waals surface area (Å²) in [6.07, 6.45) is 8.24. The van der Waals surface area contributed by atoms with E-state index in [1.165, 1.54) is 35.4 Å². The average molecular weight is 388 g/mol. The first-order chi connectivity index (χ1) is 14.1. The molecule has 2 aromatic heterocycles. The summed E-state index contributed by atoms with van der Waals surface area (Å²) in [6, 6.07) is 19.5. The fraction of sp³-hybridized carbons (Fsp3) is 0.120. The molecule has 0 bridgehead atoms. The molecule has 0 N–H and O–H groups in total. The van der Waals surface area contributed by atoms with Crippen LogP contribution in [0.4, 0.5) is 8.78 Å². The number of hydrogen-bond donors (Lipinski definition) is 0. The lowest BCUT2D eigenvalue weighted by Crippen LogP contribution is -2.34. The van der Waals surface area contributed by atoms with Gasteiger partial charge in [0, 0.05) is 34.9 Å². The Bertz CT molecular complexity index is 1100. The Morgan fingerprint density at radius 2 is 1.10 bits per heavy atom. The van der Waals surface area contributed by atoms with Crippen LogP contribution in [0.2, 0.25) is 0 Å². The maximum atomic E-state index is 13.1. The number of pyridine rings is 2. The van der Waals surface area contributed by atoms with Crippen LogP contribution in [0.15, 0.2) is 91.5 Å². The second kappa shape index (κ2) is 8.31. The van der Waals surface area contributed by atoms with Gasteiger partial charge in [-0.1, -0.05) is 0 Å². The zero-order chi connectivity index (χ0) is 20.2. The molecule has 2 heterocycles. The third kappa shape index (κ3) is 4.72. The summed E-state index contributed by atoms with van der Waals surface area (Å²) in [7, 11) is 0. The minimum absolute atomic E-state index is 0.217. The Hall–Kier alpha value is -3.40. The Balaban J connectivity index is 1.49. The topological polar surface area (TPSA) is 7.76 Å². The van der Waals surface area contributed by atoms with Crippen LogP contribution in [0.25, 0.3) is 11.1 Å². The van der Waals surface area contributed by atoms with Crippen molar-refractivity contribution in [2.45, 2.75) is 20.0 Å². The molecular formula is C25H22F2N2+2. The number of rotatable bonds is 5. The number of nitrogens with zero attached hydrogens (tertiary/aromatic N) is 2. The fourth-order valence-electron chi connectivity index (χ4n) is 3.43. The molecule has 0 unspecified atom stereocenters. The molecule has 0 amide bonds. The number of aromatic nitrogens is 2. The first-order valence-corrected chi connectivity index (χ1v) is 9.55. The van der Waals surface area contributed by atoms with Crippen LogP contribution in [0, 0.1) is 18.6 Å². The van der Waals surface area contributed by atoms with Gasteiger partial charge in [-0.05, 0) is 66.6 Å². The van der Waals surface area contributed by atoms with E-state index in [4.69, 9.17) is 0 Å². The normalized spacial score (nSPS) is 10.9. The van der Waals surface area contributed by atoms with E-state index in [-0.39, 0.29) is 11.6 Å².